The van der Waals surface area contributed by atoms with Crippen molar-refractivity contribution in [2.45, 2.75) is 44.1 Å². The molecule has 0 amide bonds. The third-order valence-electron chi connectivity index (χ3n) is 5.16. The van der Waals surface area contributed by atoms with E-state index in [1.54, 1.807) is 0 Å². The Balaban J connectivity index is 1.89. The summed E-state index contributed by atoms with van der Waals surface area (Å²) in [5, 5.41) is 0. The highest BCUT2D eigenvalue weighted by Gasteiger charge is 2.39. The molecule has 1 saturated heterocycles. The van der Waals surface area contributed by atoms with Crippen molar-refractivity contribution in [2.75, 3.05) is 31.2 Å². The van der Waals surface area contributed by atoms with E-state index in [9.17, 15) is 0 Å². The van der Waals surface area contributed by atoms with Crippen LogP contribution in [0.15, 0.2) is 24.3 Å². The maximum absolute atomic E-state index is 6.36. The average Bonchev–Trinajstić information content (AvgIpc) is 2.99. The number of hydrogen-bond donors (Lipinski definition) is 1. The number of ether oxygens (including phenoxy) is 1. The quantitative estimate of drug-likeness (QED) is 0.921. The van der Waals surface area contributed by atoms with Gasteiger partial charge in [0.25, 0.3) is 0 Å². The Morgan fingerprint density at radius 2 is 1.90 bits per heavy atom. The van der Waals surface area contributed by atoms with Crippen LogP contribution in [0, 0.1) is 0 Å². The molecule has 1 atom stereocenters. The number of hydrogen-bond acceptors (Lipinski definition) is 3. The summed E-state index contributed by atoms with van der Waals surface area (Å²) in [5.74, 6) is 0. The van der Waals surface area contributed by atoms with Crippen LogP contribution in [0.4, 0.5) is 5.69 Å². The van der Waals surface area contributed by atoms with Crippen molar-refractivity contribution in [3.05, 3.63) is 29.8 Å². The molecule has 3 heteroatoms. The van der Waals surface area contributed by atoms with Gasteiger partial charge in [0.15, 0.2) is 0 Å². The van der Waals surface area contributed by atoms with Crippen LogP contribution < -0.4 is 10.6 Å². The first kappa shape index (κ1) is 13.9. The first-order chi connectivity index (χ1) is 9.72. The lowest BCUT2D eigenvalue weighted by Crippen LogP contribution is -2.41. The normalized spacial score (nSPS) is 23.8. The molecule has 1 saturated carbocycles. The van der Waals surface area contributed by atoms with Crippen LogP contribution in [0.5, 0.6) is 0 Å². The summed E-state index contributed by atoms with van der Waals surface area (Å²) in [6.07, 6.45) is 5.08. The third-order valence-corrected chi connectivity index (χ3v) is 5.16. The van der Waals surface area contributed by atoms with Gasteiger partial charge in [-0.25, -0.2) is 0 Å². The van der Waals surface area contributed by atoms with Crippen molar-refractivity contribution < 1.29 is 4.74 Å². The fourth-order valence-corrected chi connectivity index (χ4v) is 3.85. The number of anilines is 1. The maximum atomic E-state index is 6.36. The van der Waals surface area contributed by atoms with E-state index >= 15 is 0 Å². The Hall–Kier alpha value is -1.06. The molecule has 2 fully saturated rings. The summed E-state index contributed by atoms with van der Waals surface area (Å²) in [7, 11) is 0. The predicted octanol–water partition coefficient (Wildman–Crippen LogP) is 2.68. The Morgan fingerprint density at radius 3 is 2.55 bits per heavy atom. The van der Waals surface area contributed by atoms with Gasteiger partial charge < -0.3 is 15.4 Å². The second-order valence-electron chi connectivity index (χ2n) is 6.30. The second-order valence-corrected chi connectivity index (χ2v) is 6.30. The van der Waals surface area contributed by atoms with Crippen LogP contribution in [0.2, 0.25) is 0 Å². The maximum Gasteiger partial charge on any atom is 0.0642 e. The smallest absolute Gasteiger partial charge is 0.0642 e. The summed E-state index contributed by atoms with van der Waals surface area (Å²) in [6.45, 7) is 5.83. The molecule has 1 unspecified atom stereocenters. The molecule has 0 spiro atoms. The number of morpholine rings is 1. The molecule has 1 aromatic carbocycles. The zero-order valence-corrected chi connectivity index (χ0v) is 12.5. The lowest BCUT2D eigenvalue weighted by atomic mass is 9.73. The van der Waals surface area contributed by atoms with Crippen LogP contribution in [-0.4, -0.2) is 32.3 Å². The SMILES string of the molecule is CC(N)C1(c2cccc(N3CCOCC3)c2)CCCC1. The van der Waals surface area contributed by atoms with E-state index in [4.69, 9.17) is 10.5 Å². The van der Waals surface area contributed by atoms with Gasteiger partial charge in [-0.3, -0.25) is 0 Å². The lowest BCUT2D eigenvalue weighted by molar-refractivity contribution is 0.122. The van der Waals surface area contributed by atoms with Gasteiger partial charge in [0.2, 0.25) is 0 Å². The van der Waals surface area contributed by atoms with Gasteiger partial charge in [0.1, 0.15) is 0 Å². The predicted molar refractivity (Wildman–Crippen MR) is 83.3 cm³/mol. The lowest BCUT2D eigenvalue weighted by Gasteiger charge is -2.35. The van der Waals surface area contributed by atoms with Crippen molar-refractivity contribution in [1.82, 2.24) is 0 Å². The summed E-state index contributed by atoms with van der Waals surface area (Å²) in [6, 6.07) is 9.30. The van der Waals surface area contributed by atoms with Crippen molar-refractivity contribution >= 4 is 5.69 Å². The Kier molecular flexibility index (Phi) is 3.99. The fraction of sp³-hybridized carbons (Fsp3) is 0.647. The van der Waals surface area contributed by atoms with Crippen molar-refractivity contribution in [3.63, 3.8) is 0 Å². The Bertz CT molecular complexity index is 446. The molecule has 0 radical (unpaired) electrons. The zero-order chi connectivity index (χ0) is 14.0. The molecule has 1 heterocycles. The molecule has 2 N–H and O–H groups in total. The highest BCUT2D eigenvalue weighted by atomic mass is 16.5. The van der Waals surface area contributed by atoms with E-state index in [-0.39, 0.29) is 11.5 Å². The van der Waals surface area contributed by atoms with E-state index in [0.29, 0.717) is 0 Å². The first-order valence-corrected chi connectivity index (χ1v) is 7.91. The highest BCUT2D eigenvalue weighted by Crippen LogP contribution is 2.43. The third kappa shape index (κ3) is 2.45. The Morgan fingerprint density at radius 1 is 1.20 bits per heavy atom. The topological polar surface area (TPSA) is 38.5 Å². The summed E-state index contributed by atoms with van der Waals surface area (Å²) < 4.78 is 5.45. The van der Waals surface area contributed by atoms with Gasteiger partial charge in [0.05, 0.1) is 13.2 Å². The zero-order valence-electron chi connectivity index (χ0n) is 12.5. The van der Waals surface area contributed by atoms with E-state index in [1.807, 2.05) is 0 Å². The fourth-order valence-electron chi connectivity index (χ4n) is 3.85. The summed E-state index contributed by atoms with van der Waals surface area (Å²) in [4.78, 5) is 2.43. The van der Waals surface area contributed by atoms with Gasteiger partial charge in [-0.05, 0) is 37.5 Å². The van der Waals surface area contributed by atoms with Crippen molar-refractivity contribution in [1.29, 1.82) is 0 Å². The molecular weight excluding hydrogens is 248 g/mol. The van der Waals surface area contributed by atoms with Crippen molar-refractivity contribution in [3.8, 4) is 0 Å². The number of benzene rings is 1. The van der Waals surface area contributed by atoms with Crippen LogP contribution >= 0.6 is 0 Å². The monoisotopic (exact) mass is 274 g/mol. The summed E-state index contributed by atoms with van der Waals surface area (Å²) in [5.41, 5.74) is 9.33. The average molecular weight is 274 g/mol. The van der Waals surface area contributed by atoms with Crippen LogP contribution in [0.3, 0.4) is 0 Å². The van der Waals surface area contributed by atoms with Gasteiger partial charge in [-0.15, -0.1) is 0 Å². The molecule has 20 heavy (non-hydrogen) atoms. The van der Waals surface area contributed by atoms with E-state index in [1.165, 1.54) is 36.9 Å². The van der Waals surface area contributed by atoms with Gasteiger partial charge >= 0.3 is 0 Å². The van der Waals surface area contributed by atoms with Crippen LogP contribution in [-0.2, 0) is 10.2 Å². The van der Waals surface area contributed by atoms with E-state index in [0.717, 1.165) is 26.3 Å². The van der Waals surface area contributed by atoms with Crippen molar-refractivity contribution in [2.24, 2.45) is 5.73 Å². The standard InChI is InChI=1S/C17H26N2O/c1-14(18)17(7-2-3-8-17)15-5-4-6-16(13-15)19-9-11-20-12-10-19/h4-6,13-14H,2-3,7-12,18H2,1H3. The minimum atomic E-state index is 0.197. The number of nitrogens with two attached hydrogens (primary N) is 1. The molecule has 1 aliphatic heterocycles. The number of rotatable bonds is 3. The van der Waals surface area contributed by atoms with Crippen LogP contribution in [0.1, 0.15) is 38.2 Å². The van der Waals surface area contributed by atoms with E-state index < -0.39 is 0 Å². The van der Waals surface area contributed by atoms with Gasteiger partial charge in [-0.1, -0.05) is 25.0 Å². The van der Waals surface area contributed by atoms with Gasteiger partial charge in [-0.2, -0.15) is 0 Å². The molecule has 0 aromatic heterocycles. The minimum Gasteiger partial charge on any atom is -0.378 e. The molecule has 3 rings (SSSR count). The molecule has 110 valence electrons. The number of nitrogens with zero attached hydrogens (tertiary/aromatic N) is 1. The minimum absolute atomic E-state index is 0.197. The molecule has 1 aromatic rings. The largest absolute Gasteiger partial charge is 0.378 e. The first-order valence-electron chi connectivity index (χ1n) is 7.91. The molecule has 2 aliphatic rings. The highest BCUT2D eigenvalue weighted by molar-refractivity contribution is 5.51. The molecule has 1 aliphatic carbocycles. The molecule has 3 nitrogen and oxygen atoms in total. The summed E-state index contributed by atoms with van der Waals surface area (Å²) >= 11 is 0. The second kappa shape index (κ2) is 5.74. The van der Waals surface area contributed by atoms with E-state index in [2.05, 4.69) is 36.1 Å². The van der Waals surface area contributed by atoms with Gasteiger partial charge in [0, 0.05) is 30.2 Å². The Labute approximate surface area is 122 Å². The molecule has 0 bridgehead atoms. The molecular formula is C17H26N2O. The van der Waals surface area contributed by atoms with Crippen LogP contribution in [0.25, 0.3) is 0 Å².